The maximum atomic E-state index is 12.9. The van der Waals surface area contributed by atoms with Gasteiger partial charge in [-0.1, -0.05) is 29.8 Å². The van der Waals surface area contributed by atoms with Gasteiger partial charge in [-0.15, -0.1) is 0 Å². The Hall–Kier alpha value is -2.27. The predicted octanol–water partition coefficient (Wildman–Crippen LogP) is 3.36. The number of hydrogen-bond acceptors (Lipinski definition) is 4. The van der Waals surface area contributed by atoms with Gasteiger partial charge in [0.1, 0.15) is 19.0 Å². The Morgan fingerprint density at radius 2 is 2.05 bits per heavy atom. The first-order valence-electron chi connectivity index (χ1n) is 6.62. The number of ether oxygens (including phenoxy) is 3. The zero-order valence-corrected chi connectivity index (χ0v) is 12.2. The second-order valence-electron chi connectivity index (χ2n) is 4.71. The van der Waals surface area contributed by atoms with Gasteiger partial charge < -0.3 is 14.2 Å². The highest BCUT2D eigenvalue weighted by molar-refractivity contribution is 6.31. The third-order valence-corrected chi connectivity index (χ3v) is 3.51. The summed E-state index contributed by atoms with van der Waals surface area (Å²) in [6, 6.07) is 11.0. The van der Waals surface area contributed by atoms with Gasteiger partial charge in [0, 0.05) is 5.56 Å². The molecule has 3 rings (SSSR count). The molecule has 0 fully saturated rings. The predicted molar refractivity (Wildman–Crippen MR) is 77.6 cm³/mol. The molecule has 0 amide bonds. The molecule has 0 saturated heterocycles. The average molecular weight is 323 g/mol. The van der Waals surface area contributed by atoms with Crippen molar-refractivity contribution in [2.45, 2.75) is 12.7 Å². The van der Waals surface area contributed by atoms with Crippen LogP contribution in [0.2, 0.25) is 5.02 Å². The van der Waals surface area contributed by atoms with E-state index in [1.165, 1.54) is 18.2 Å². The molecule has 1 unspecified atom stereocenters. The number of esters is 1. The minimum Gasteiger partial charge on any atom is -0.485 e. The van der Waals surface area contributed by atoms with Crippen molar-refractivity contribution in [3.63, 3.8) is 0 Å². The van der Waals surface area contributed by atoms with E-state index in [9.17, 15) is 9.18 Å². The van der Waals surface area contributed by atoms with Gasteiger partial charge >= 0.3 is 5.97 Å². The molecule has 0 spiro atoms. The van der Waals surface area contributed by atoms with Gasteiger partial charge in [-0.05, 0) is 24.3 Å². The molecule has 1 aliphatic heterocycles. The Morgan fingerprint density at radius 3 is 2.82 bits per heavy atom. The summed E-state index contributed by atoms with van der Waals surface area (Å²) in [4.78, 5) is 12.0. The molecular weight excluding hydrogens is 311 g/mol. The number of fused-ring (bicyclic) bond motifs is 1. The number of halogens is 2. The molecule has 114 valence electrons. The maximum absolute atomic E-state index is 12.9. The highest BCUT2D eigenvalue weighted by atomic mass is 35.5. The Labute approximate surface area is 131 Å². The van der Waals surface area contributed by atoms with Gasteiger partial charge in [0.2, 0.25) is 6.10 Å². The molecule has 1 atom stereocenters. The molecule has 0 aromatic heterocycles. The Kier molecular flexibility index (Phi) is 4.15. The molecule has 1 aliphatic rings. The topological polar surface area (TPSA) is 44.8 Å². The van der Waals surface area contributed by atoms with Crippen LogP contribution in [0.25, 0.3) is 0 Å². The van der Waals surface area contributed by atoms with E-state index >= 15 is 0 Å². The molecule has 2 aromatic rings. The first-order valence-corrected chi connectivity index (χ1v) is 7.00. The second kappa shape index (κ2) is 6.23. The van der Waals surface area contributed by atoms with E-state index in [0.717, 1.165) is 0 Å². The number of benzene rings is 2. The Morgan fingerprint density at radius 1 is 1.27 bits per heavy atom. The van der Waals surface area contributed by atoms with Gasteiger partial charge in [0.05, 0.1) is 5.02 Å². The van der Waals surface area contributed by atoms with E-state index in [0.29, 0.717) is 17.1 Å². The van der Waals surface area contributed by atoms with Crippen LogP contribution in [0, 0.1) is 5.82 Å². The molecule has 2 aromatic carbocycles. The van der Waals surface area contributed by atoms with Crippen LogP contribution < -0.4 is 9.47 Å². The van der Waals surface area contributed by atoms with Crippen LogP contribution in [0.4, 0.5) is 4.39 Å². The quantitative estimate of drug-likeness (QED) is 0.813. The minimum absolute atomic E-state index is 0.0561. The van der Waals surface area contributed by atoms with Crippen molar-refractivity contribution in [3.05, 3.63) is 58.9 Å². The smallest absolute Gasteiger partial charge is 0.351 e. The zero-order chi connectivity index (χ0) is 15.5. The summed E-state index contributed by atoms with van der Waals surface area (Å²) < 4.78 is 29.1. The van der Waals surface area contributed by atoms with E-state index in [2.05, 4.69) is 0 Å². The van der Waals surface area contributed by atoms with Crippen molar-refractivity contribution in [2.75, 3.05) is 6.61 Å². The molecular formula is C16H12ClFO4. The third kappa shape index (κ3) is 3.14. The molecule has 1 heterocycles. The highest BCUT2D eigenvalue weighted by Gasteiger charge is 2.28. The number of carbonyl (C=O) groups is 1. The van der Waals surface area contributed by atoms with Crippen LogP contribution in [-0.4, -0.2) is 18.7 Å². The number of hydrogen-bond donors (Lipinski definition) is 0. The lowest BCUT2D eigenvalue weighted by Crippen LogP contribution is -2.37. The van der Waals surface area contributed by atoms with Crippen molar-refractivity contribution >= 4 is 17.6 Å². The normalized spacial score (nSPS) is 16.2. The van der Waals surface area contributed by atoms with Gasteiger partial charge in [0.15, 0.2) is 11.5 Å². The zero-order valence-electron chi connectivity index (χ0n) is 11.4. The molecule has 6 heteroatoms. The van der Waals surface area contributed by atoms with Crippen molar-refractivity contribution in [2.24, 2.45) is 0 Å². The van der Waals surface area contributed by atoms with Crippen LogP contribution >= 0.6 is 11.6 Å². The second-order valence-corrected chi connectivity index (χ2v) is 5.11. The first kappa shape index (κ1) is 14.7. The SMILES string of the molecule is O=C(OCc1ccc(F)cc1Cl)C1COc2ccccc2O1. The fourth-order valence-electron chi connectivity index (χ4n) is 2.02. The monoisotopic (exact) mass is 322 g/mol. The standard InChI is InChI=1S/C16H12ClFO4/c17-12-7-11(18)6-5-10(12)8-21-16(19)15-9-20-13-3-1-2-4-14(13)22-15/h1-7,15H,8-9H2. The van der Waals surface area contributed by atoms with Crippen LogP contribution in [-0.2, 0) is 16.1 Å². The maximum Gasteiger partial charge on any atom is 0.351 e. The molecule has 0 saturated carbocycles. The lowest BCUT2D eigenvalue weighted by atomic mass is 10.2. The molecule has 4 nitrogen and oxygen atoms in total. The third-order valence-electron chi connectivity index (χ3n) is 3.16. The average Bonchev–Trinajstić information content (AvgIpc) is 2.53. The van der Waals surface area contributed by atoms with Crippen LogP contribution in [0.5, 0.6) is 11.5 Å². The van der Waals surface area contributed by atoms with E-state index in [1.807, 2.05) is 6.07 Å². The van der Waals surface area contributed by atoms with E-state index in [-0.39, 0.29) is 18.2 Å². The summed E-state index contributed by atoms with van der Waals surface area (Å²) in [5.74, 6) is 0.0826. The molecule has 0 N–H and O–H groups in total. The summed E-state index contributed by atoms with van der Waals surface area (Å²) in [7, 11) is 0. The van der Waals surface area contributed by atoms with Crippen LogP contribution in [0.1, 0.15) is 5.56 Å². The largest absolute Gasteiger partial charge is 0.485 e. The lowest BCUT2D eigenvalue weighted by Gasteiger charge is -2.24. The van der Waals surface area contributed by atoms with Crippen LogP contribution in [0.15, 0.2) is 42.5 Å². The number of carbonyl (C=O) groups excluding carboxylic acids is 1. The molecule has 0 aliphatic carbocycles. The molecule has 0 bridgehead atoms. The van der Waals surface area contributed by atoms with Gasteiger partial charge in [-0.25, -0.2) is 9.18 Å². The number of rotatable bonds is 3. The van der Waals surface area contributed by atoms with E-state index in [4.69, 9.17) is 25.8 Å². The summed E-state index contributed by atoms with van der Waals surface area (Å²) in [6.07, 6.45) is -0.839. The Bertz CT molecular complexity index is 704. The summed E-state index contributed by atoms with van der Waals surface area (Å²) in [6.45, 7) is 0.0203. The van der Waals surface area contributed by atoms with Crippen LogP contribution in [0.3, 0.4) is 0 Å². The van der Waals surface area contributed by atoms with Crippen molar-refractivity contribution in [1.82, 2.24) is 0 Å². The minimum atomic E-state index is -0.839. The lowest BCUT2D eigenvalue weighted by molar-refractivity contribution is -0.155. The van der Waals surface area contributed by atoms with E-state index in [1.54, 1.807) is 18.2 Å². The van der Waals surface area contributed by atoms with Crippen molar-refractivity contribution in [1.29, 1.82) is 0 Å². The van der Waals surface area contributed by atoms with Crippen molar-refractivity contribution < 1.29 is 23.4 Å². The van der Waals surface area contributed by atoms with Gasteiger partial charge in [-0.2, -0.15) is 0 Å². The fraction of sp³-hybridized carbons (Fsp3) is 0.188. The van der Waals surface area contributed by atoms with Crippen molar-refractivity contribution in [3.8, 4) is 11.5 Å². The first-order chi connectivity index (χ1) is 10.6. The van der Waals surface area contributed by atoms with Gasteiger partial charge in [-0.3, -0.25) is 0 Å². The summed E-state index contributed by atoms with van der Waals surface area (Å²) >= 11 is 5.88. The highest BCUT2D eigenvalue weighted by Crippen LogP contribution is 2.31. The summed E-state index contributed by atoms with van der Waals surface area (Å²) in [5, 5.41) is 0.207. The summed E-state index contributed by atoms with van der Waals surface area (Å²) in [5.41, 5.74) is 0.522. The van der Waals surface area contributed by atoms with E-state index < -0.39 is 17.9 Å². The molecule has 0 radical (unpaired) electrons. The Balaban J connectivity index is 1.61. The fourth-order valence-corrected chi connectivity index (χ4v) is 2.24. The van der Waals surface area contributed by atoms with Gasteiger partial charge in [0.25, 0.3) is 0 Å². The molecule has 22 heavy (non-hydrogen) atoms. The number of para-hydroxylation sites is 2.